The van der Waals surface area contributed by atoms with Crippen molar-refractivity contribution in [3.63, 3.8) is 0 Å². The van der Waals surface area contributed by atoms with Gasteiger partial charge < -0.3 is 14.0 Å². The molecule has 0 saturated carbocycles. The highest BCUT2D eigenvalue weighted by molar-refractivity contribution is 6.09. The van der Waals surface area contributed by atoms with Crippen LogP contribution < -0.4 is 9.47 Å². The summed E-state index contributed by atoms with van der Waals surface area (Å²) in [5.74, 6) is 0.754. The summed E-state index contributed by atoms with van der Waals surface area (Å²) in [7, 11) is 3.21. The highest BCUT2D eigenvalue weighted by atomic mass is 16.6. The molecule has 1 unspecified atom stereocenters. The van der Waals surface area contributed by atoms with E-state index in [4.69, 9.17) is 9.47 Å². The Balaban J connectivity index is 2.28. The number of hydrogen-bond donors (Lipinski definition) is 0. The van der Waals surface area contributed by atoms with Gasteiger partial charge in [-0.2, -0.15) is 0 Å². The third kappa shape index (κ3) is 4.50. The Bertz CT molecular complexity index is 1390. The van der Waals surface area contributed by atoms with Gasteiger partial charge in [0.25, 0.3) is 0 Å². The highest BCUT2D eigenvalue weighted by Gasteiger charge is 2.31. The lowest BCUT2D eigenvalue weighted by atomic mass is 9.90. The predicted octanol–water partition coefficient (Wildman–Crippen LogP) is 7.11. The fourth-order valence-corrected chi connectivity index (χ4v) is 5.01. The zero-order valence-electron chi connectivity index (χ0n) is 20.6. The molecule has 1 atom stereocenters. The van der Waals surface area contributed by atoms with Crippen molar-refractivity contribution in [2.24, 2.45) is 0 Å². The summed E-state index contributed by atoms with van der Waals surface area (Å²) in [5, 5.41) is 12.6. The number of nitro groups is 1. The van der Waals surface area contributed by atoms with Crippen LogP contribution in [0.25, 0.3) is 33.3 Å². The number of allylic oxidation sites excluding steroid dienone is 2. The minimum Gasteiger partial charge on any atom is -0.496 e. The van der Waals surface area contributed by atoms with E-state index in [2.05, 4.69) is 42.0 Å². The average Bonchev–Trinajstić information content (AvgIpc) is 3.23. The molecule has 1 heterocycles. The molecule has 0 radical (unpaired) electrons. The number of hydrogen-bond acceptors (Lipinski definition) is 4. The van der Waals surface area contributed by atoms with E-state index in [1.54, 1.807) is 20.3 Å². The van der Waals surface area contributed by atoms with Crippen molar-refractivity contribution < 1.29 is 14.4 Å². The van der Waals surface area contributed by atoms with Gasteiger partial charge in [0, 0.05) is 28.7 Å². The molecule has 0 amide bonds. The van der Waals surface area contributed by atoms with Gasteiger partial charge in [-0.15, -0.1) is 13.2 Å². The average molecular weight is 483 g/mol. The summed E-state index contributed by atoms with van der Waals surface area (Å²) in [6.45, 7) is 8.13. The van der Waals surface area contributed by atoms with Gasteiger partial charge in [-0.3, -0.25) is 10.1 Å². The van der Waals surface area contributed by atoms with E-state index in [0.717, 1.165) is 38.9 Å². The second-order valence-electron chi connectivity index (χ2n) is 8.51. The SMILES string of the molecule is C=CCC(C[N+](=O)[O-])c1c(OC)cc(OC)c2c(-c3ccccc3)c(-c3ccccc3)n(CC=C)c12. The third-order valence-electron chi connectivity index (χ3n) is 6.38. The lowest BCUT2D eigenvalue weighted by Crippen LogP contribution is -2.15. The second-order valence-corrected chi connectivity index (χ2v) is 8.51. The first-order valence-corrected chi connectivity index (χ1v) is 11.8. The van der Waals surface area contributed by atoms with Gasteiger partial charge in [0.1, 0.15) is 11.5 Å². The van der Waals surface area contributed by atoms with Crippen LogP contribution in [0.2, 0.25) is 0 Å². The quantitative estimate of drug-likeness (QED) is 0.130. The molecule has 1 aromatic heterocycles. The number of benzene rings is 3. The number of fused-ring (bicyclic) bond motifs is 1. The number of ether oxygens (including phenoxy) is 2. The van der Waals surface area contributed by atoms with Crippen LogP contribution in [0.15, 0.2) is 92.0 Å². The minimum atomic E-state index is -0.438. The van der Waals surface area contributed by atoms with Crippen LogP contribution in [0, 0.1) is 10.1 Å². The summed E-state index contributed by atoms with van der Waals surface area (Å²) in [6, 6.07) is 22.1. The summed E-state index contributed by atoms with van der Waals surface area (Å²) < 4.78 is 13.9. The first kappa shape index (κ1) is 24.8. The molecule has 0 aliphatic carbocycles. The monoisotopic (exact) mass is 482 g/mol. The van der Waals surface area contributed by atoms with Crippen molar-refractivity contribution in [2.45, 2.75) is 18.9 Å². The first-order chi connectivity index (χ1) is 17.5. The lowest BCUT2D eigenvalue weighted by molar-refractivity contribution is -0.483. The Morgan fingerprint density at radius 1 is 0.944 bits per heavy atom. The second kappa shape index (κ2) is 11.0. The number of aromatic nitrogens is 1. The summed E-state index contributed by atoms with van der Waals surface area (Å²) in [4.78, 5) is 11.4. The topological polar surface area (TPSA) is 66.5 Å². The minimum absolute atomic E-state index is 0.246. The van der Waals surface area contributed by atoms with Crippen molar-refractivity contribution in [3.8, 4) is 33.9 Å². The normalized spacial score (nSPS) is 11.7. The molecule has 0 aliphatic heterocycles. The Morgan fingerprint density at radius 3 is 2.08 bits per heavy atom. The van der Waals surface area contributed by atoms with E-state index in [9.17, 15) is 10.1 Å². The standard InChI is InChI=1S/C30H30N2O4/c1-5-13-23(20-32(33)34)26-24(35-3)19-25(36-4)28-27(21-14-9-7-10-15-21)29(22-16-11-8-12-17-22)31(18-6-2)30(26)28/h5-12,14-17,19,23H,1-2,13,18,20H2,3-4H3. The van der Waals surface area contributed by atoms with E-state index in [1.807, 2.05) is 48.5 Å². The van der Waals surface area contributed by atoms with Gasteiger partial charge in [-0.1, -0.05) is 72.8 Å². The van der Waals surface area contributed by atoms with Gasteiger partial charge >= 0.3 is 0 Å². The molecule has 0 saturated heterocycles. The van der Waals surface area contributed by atoms with Crippen LogP contribution in [0.3, 0.4) is 0 Å². The van der Waals surface area contributed by atoms with Crippen molar-refractivity contribution in [2.75, 3.05) is 20.8 Å². The van der Waals surface area contributed by atoms with Crippen LogP contribution in [0.1, 0.15) is 17.9 Å². The van der Waals surface area contributed by atoms with Crippen molar-refractivity contribution in [3.05, 3.63) is 108 Å². The molecule has 184 valence electrons. The molecular formula is C30H30N2O4. The number of rotatable bonds is 11. The summed E-state index contributed by atoms with van der Waals surface area (Å²) in [6.07, 6.45) is 3.99. The van der Waals surface area contributed by atoms with Crippen LogP contribution in [-0.2, 0) is 6.54 Å². The van der Waals surface area contributed by atoms with E-state index in [0.29, 0.717) is 24.5 Å². The van der Waals surface area contributed by atoms with Crippen LogP contribution in [0.4, 0.5) is 0 Å². The molecule has 36 heavy (non-hydrogen) atoms. The fourth-order valence-electron chi connectivity index (χ4n) is 5.01. The van der Waals surface area contributed by atoms with Crippen LogP contribution in [0.5, 0.6) is 11.5 Å². The Morgan fingerprint density at radius 2 is 1.56 bits per heavy atom. The van der Waals surface area contributed by atoms with E-state index < -0.39 is 5.92 Å². The van der Waals surface area contributed by atoms with Crippen molar-refractivity contribution in [1.82, 2.24) is 4.57 Å². The summed E-state index contributed by atoms with van der Waals surface area (Å²) in [5.41, 5.74) is 5.65. The van der Waals surface area contributed by atoms with Gasteiger partial charge in [-0.25, -0.2) is 0 Å². The smallest absolute Gasteiger partial charge is 0.211 e. The van der Waals surface area contributed by atoms with E-state index in [1.165, 1.54) is 0 Å². The zero-order chi connectivity index (χ0) is 25.7. The number of nitrogens with zero attached hydrogens (tertiary/aromatic N) is 2. The number of methoxy groups -OCH3 is 2. The molecule has 0 bridgehead atoms. The van der Waals surface area contributed by atoms with E-state index >= 15 is 0 Å². The van der Waals surface area contributed by atoms with Gasteiger partial charge in [0.2, 0.25) is 6.54 Å². The van der Waals surface area contributed by atoms with Gasteiger partial charge in [0.05, 0.1) is 36.7 Å². The molecule has 0 spiro atoms. The molecule has 4 rings (SSSR count). The summed E-state index contributed by atoms with van der Waals surface area (Å²) >= 11 is 0. The maximum absolute atomic E-state index is 11.7. The lowest BCUT2D eigenvalue weighted by Gasteiger charge is -2.20. The van der Waals surface area contributed by atoms with Crippen LogP contribution >= 0.6 is 0 Å². The highest BCUT2D eigenvalue weighted by Crippen LogP contribution is 2.50. The molecule has 3 aromatic carbocycles. The molecule has 0 N–H and O–H groups in total. The van der Waals surface area contributed by atoms with Crippen molar-refractivity contribution in [1.29, 1.82) is 0 Å². The Kier molecular flexibility index (Phi) is 7.54. The maximum atomic E-state index is 11.7. The predicted molar refractivity (Wildman–Crippen MR) is 146 cm³/mol. The largest absolute Gasteiger partial charge is 0.496 e. The van der Waals surface area contributed by atoms with Gasteiger partial charge in [0.15, 0.2) is 0 Å². The molecule has 4 aromatic rings. The zero-order valence-corrected chi connectivity index (χ0v) is 20.6. The maximum Gasteiger partial charge on any atom is 0.211 e. The molecule has 0 aliphatic rings. The Labute approximate surface area is 211 Å². The molecule has 6 nitrogen and oxygen atoms in total. The molecule has 6 heteroatoms. The van der Waals surface area contributed by atoms with Crippen molar-refractivity contribution >= 4 is 10.9 Å². The third-order valence-corrected chi connectivity index (χ3v) is 6.38. The van der Waals surface area contributed by atoms with Gasteiger partial charge in [-0.05, 0) is 17.5 Å². The fraction of sp³-hybridized carbons (Fsp3) is 0.200. The van der Waals surface area contributed by atoms with Crippen LogP contribution in [-0.4, -0.2) is 30.3 Å². The Hall–Kier alpha value is -4.32. The van der Waals surface area contributed by atoms with E-state index in [-0.39, 0.29) is 11.5 Å². The molecule has 0 fully saturated rings. The molecular weight excluding hydrogens is 452 g/mol. The first-order valence-electron chi connectivity index (χ1n) is 11.8.